The molecule has 2 bridgehead atoms. The number of ether oxygens (including phenoxy) is 2. The molecule has 8 heteroatoms. The molecule has 31 heavy (non-hydrogen) atoms. The molecule has 0 amide bonds. The van der Waals surface area contributed by atoms with Crippen molar-refractivity contribution in [2.24, 2.45) is 16.9 Å². The van der Waals surface area contributed by atoms with Crippen LogP contribution in [0.1, 0.15) is 42.7 Å². The van der Waals surface area contributed by atoms with Gasteiger partial charge in [0.05, 0.1) is 25.0 Å². The molecule has 1 unspecified atom stereocenters. The summed E-state index contributed by atoms with van der Waals surface area (Å²) >= 11 is 0. The molecule has 0 radical (unpaired) electrons. The van der Waals surface area contributed by atoms with Crippen LogP contribution in [0.2, 0.25) is 25.7 Å². The van der Waals surface area contributed by atoms with E-state index in [0.29, 0.717) is 26.1 Å². The van der Waals surface area contributed by atoms with Crippen LogP contribution >= 0.6 is 0 Å². The molecular weight excluding hydrogens is 412 g/mol. The van der Waals surface area contributed by atoms with E-state index >= 15 is 0 Å². The molecule has 3 aliphatic carbocycles. The Morgan fingerprint density at radius 1 is 1.13 bits per heavy atom. The van der Waals surface area contributed by atoms with E-state index in [1.165, 1.54) is 0 Å². The summed E-state index contributed by atoms with van der Waals surface area (Å²) in [5.74, 6) is -2.62. The Hall–Kier alpha value is -2.35. The standard InChI is InChI=1S/C23H34N2O5Si/c1-6-9-29-23(28)21-19-16-12-14(26)7-8-15(16)17(13-18(19)25-24-2)20(21)22(27)30-10-11-31(3,4)5/h7-8,12,17,19-21,24,26H,6,9-11,13H2,1-5H3/b25-18+/t17?,19-,20-,21-/m1/s1. The predicted molar refractivity (Wildman–Crippen MR) is 122 cm³/mol. The number of carbonyl (C=O) groups is 2. The summed E-state index contributed by atoms with van der Waals surface area (Å²) in [4.78, 5) is 26.5. The highest BCUT2D eigenvalue weighted by Gasteiger charge is 2.57. The quantitative estimate of drug-likeness (QED) is 0.360. The Labute approximate surface area is 185 Å². The molecule has 1 fully saturated rings. The lowest BCUT2D eigenvalue weighted by Gasteiger charge is -2.47. The number of hydrogen-bond donors (Lipinski definition) is 2. The van der Waals surface area contributed by atoms with Gasteiger partial charge in [-0.2, -0.15) is 5.10 Å². The number of phenolic OH excluding ortho intramolecular Hbond substituents is 1. The van der Waals surface area contributed by atoms with E-state index in [0.717, 1.165) is 22.9 Å². The van der Waals surface area contributed by atoms with Gasteiger partial charge in [-0.15, -0.1) is 0 Å². The number of hydrazone groups is 1. The average Bonchev–Trinajstić information content (AvgIpc) is 2.70. The number of carbonyl (C=O) groups excluding carboxylic acids is 2. The zero-order valence-corrected chi connectivity index (χ0v) is 20.1. The van der Waals surface area contributed by atoms with Gasteiger partial charge in [-0.3, -0.25) is 9.59 Å². The summed E-state index contributed by atoms with van der Waals surface area (Å²) in [5, 5.41) is 14.5. The van der Waals surface area contributed by atoms with E-state index < -0.39 is 31.8 Å². The van der Waals surface area contributed by atoms with Crippen LogP contribution in [-0.2, 0) is 19.1 Å². The van der Waals surface area contributed by atoms with E-state index in [9.17, 15) is 14.7 Å². The Morgan fingerprint density at radius 2 is 1.81 bits per heavy atom. The summed E-state index contributed by atoms with van der Waals surface area (Å²) in [5.41, 5.74) is 5.45. The third-order valence-electron chi connectivity index (χ3n) is 6.12. The van der Waals surface area contributed by atoms with Crippen LogP contribution in [0.5, 0.6) is 5.75 Å². The fourth-order valence-corrected chi connectivity index (χ4v) is 5.41. The second kappa shape index (κ2) is 9.42. The van der Waals surface area contributed by atoms with Gasteiger partial charge < -0.3 is 20.0 Å². The number of phenols is 1. The normalized spacial score (nSPS) is 25.8. The van der Waals surface area contributed by atoms with Crippen molar-refractivity contribution in [1.29, 1.82) is 0 Å². The zero-order chi connectivity index (χ0) is 22.8. The Morgan fingerprint density at radius 3 is 2.45 bits per heavy atom. The maximum Gasteiger partial charge on any atom is 0.310 e. The Balaban J connectivity index is 2.00. The molecule has 7 nitrogen and oxygen atoms in total. The number of benzene rings is 1. The molecule has 3 aliphatic rings. The molecule has 0 aromatic heterocycles. The van der Waals surface area contributed by atoms with Crippen LogP contribution in [0.4, 0.5) is 0 Å². The maximum atomic E-state index is 13.3. The lowest BCUT2D eigenvalue weighted by molar-refractivity contribution is -0.163. The number of aromatic hydroxyl groups is 1. The molecule has 170 valence electrons. The van der Waals surface area contributed by atoms with E-state index in [1.54, 1.807) is 19.2 Å². The minimum Gasteiger partial charge on any atom is -0.508 e. The summed E-state index contributed by atoms with van der Waals surface area (Å²) in [6, 6.07) is 6.05. The highest BCUT2D eigenvalue weighted by Crippen LogP contribution is 2.55. The van der Waals surface area contributed by atoms with Crippen molar-refractivity contribution in [3.05, 3.63) is 29.3 Å². The number of hydrogen-bond acceptors (Lipinski definition) is 7. The number of esters is 2. The maximum absolute atomic E-state index is 13.3. The molecule has 0 saturated heterocycles. The smallest absolute Gasteiger partial charge is 0.310 e. The van der Waals surface area contributed by atoms with Crippen LogP contribution in [0.3, 0.4) is 0 Å². The van der Waals surface area contributed by atoms with E-state index in [4.69, 9.17) is 9.47 Å². The highest BCUT2D eigenvalue weighted by molar-refractivity contribution is 6.76. The van der Waals surface area contributed by atoms with Gasteiger partial charge in [0.15, 0.2) is 0 Å². The van der Waals surface area contributed by atoms with Crippen LogP contribution < -0.4 is 5.43 Å². The Kier molecular flexibility index (Phi) is 7.09. The summed E-state index contributed by atoms with van der Waals surface area (Å²) in [6.07, 6.45) is 1.27. The van der Waals surface area contributed by atoms with E-state index in [2.05, 4.69) is 30.2 Å². The van der Waals surface area contributed by atoms with Crippen LogP contribution in [0.15, 0.2) is 23.3 Å². The van der Waals surface area contributed by atoms with Crippen molar-refractivity contribution in [1.82, 2.24) is 5.43 Å². The topological polar surface area (TPSA) is 97.2 Å². The predicted octanol–water partition coefficient (Wildman–Crippen LogP) is 3.62. The monoisotopic (exact) mass is 446 g/mol. The fraction of sp³-hybridized carbons (Fsp3) is 0.609. The largest absolute Gasteiger partial charge is 0.508 e. The lowest BCUT2D eigenvalue weighted by Crippen LogP contribution is -2.51. The van der Waals surface area contributed by atoms with Crippen molar-refractivity contribution in [3.63, 3.8) is 0 Å². The molecule has 0 spiro atoms. The van der Waals surface area contributed by atoms with E-state index in [1.807, 2.05) is 13.0 Å². The third kappa shape index (κ3) is 4.94. The number of rotatable bonds is 8. The summed E-state index contributed by atoms with van der Waals surface area (Å²) in [7, 11) is 0.357. The van der Waals surface area contributed by atoms with E-state index in [-0.39, 0.29) is 17.6 Å². The molecule has 2 N–H and O–H groups in total. The molecule has 1 aromatic carbocycles. The minimum absolute atomic E-state index is 0.130. The molecule has 1 aromatic rings. The Bertz CT molecular complexity index is 864. The lowest BCUT2D eigenvalue weighted by atomic mass is 9.55. The van der Waals surface area contributed by atoms with Gasteiger partial charge in [0, 0.05) is 32.7 Å². The minimum atomic E-state index is -1.36. The fourth-order valence-electron chi connectivity index (χ4n) is 4.69. The van der Waals surface area contributed by atoms with Gasteiger partial charge in [-0.1, -0.05) is 32.6 Å². The summed E-state index contributed by atoms with van der Waals surface area (Å²) in [6.45, 7) is 9.31. The van der Waals surface area contributed by atoms with Gasteiger partial charge >= 0.3 is 11.9 Å². The number of fused-ring (bicyclic) bond motifs is 2. The number of nitrogens with zero attached hydrogens (tertiary/aromatic N) is 1. The van der Waals surface area contributed by atoms with Crippen LogP contribution in [0.25, 0.3) is 0 Å². The van der Waals surface area contributed by atoms with Gasteiger partial charge in [-0.25, -0.2) is 0 Å². The van der Waals surface area contributed by atoms with Gasteiger partial charge in [0.25, 0.3) is 0 Å². The molecular formula is C23H34N2O5Si. The van der Waals surface area contributed by atoms with Crippen LogP contribution in [0, 0.1) is 11.8 Å². The van der Waals surface area contributed by atoms with Crippen molar-refractivity contribution >= 4 is 25.7 Å². The van der Waals surface area contributed by atoms with Crippen LogP contribution in [-0.4, -0.2) is 51.1 Å². The van der Waals surface area contributed by atoms with Gasteiger partial charge in [-0.05, 0) is 42.1 Å². The van der Waals surface area contributed by atoms with Crippen molar-refractivity contribution < 1.29 is 24.2 Å². The first-order valence-electron chi connectivity index (χ1n) is 11.1. The highest BCUT2D eigenvalue weighted by atomic mass is 28.3. The third-order valence-corrected chi connectivity index (χ3v) is 7.82. The van der Waals surface area contributed by atoms with Gasteiger partial charge in [0.2, 0.25) is 0 Å². The first kappa shape index (κ1) is 23.3. The molecule has 0 heterocycles. The molecule has 4 rings (SSSR count). The second-order valence-electron chi connectivity index (χ2n) is 9.63. The molecule has 1 saturated carbocycles. The SMILES string of the molecule is CCCOC(=O)[C@H]1[C@H](C(=O)OCC[Si](C)(C)C)C2C/C(=N\NC)[C@H]1c1cc(O)ccc12. The van der Waals surface area contributed by atoms with Crippen molar-refractivity contribution in [2.75, 3.05) is 20.3 Å². The first-order valence-corrected chi connectivity index (χ1v) is 14.8. The molecule has 0 aliphatic heterocycles. The summed E-state index contributed by atoms with van der Waals surface area (Å²) < 4.78 is 11.2. The average molecular weight is 447 g/mol. The van der Waals surface area contributed by atoms with Gasteiger partial charge in [0.1, 0.15) is 5.75 Å². The second-order valence-corrected chi connectivity index (χ2v) is 15.2. The zero-order valence-electron chi connectivity index (χ0n) is 19.1. The first-order chi connectivity index (χ1) is 14.7. The number of nitrogens with one attached hydrogen (secondary N) is 1. The van der Waals surface area contributed by atoms with Crippen molar-refractivity contribution in [2.45, 2.75) is 57.3 Å². The van der Waals surface area contributed by atoms with Crippen molar-refractivity contribution in [3.8, 4) is 5.75 Å². The molecule has 4 atom stereocenters.